The van der Waals surface area contributed by atoms with Gasteiger partial charge in [-0.15, -0.1) is 0 Å². The van der Waals surface area contributed by atoms with E-state index in [4.69, 9.17) is 5.73 Å². The molecule has 0 aliphatic heterocycles. The maximum atomic E-state index is 11.5. The highest BCUT2D eigenvalue weighted by atomic mass is 79.9. The van der Waals surface area contributed by atoms with Gasteiger partial charge in [-0.1, -0.05) is 54.0 Å². The van der Waals surface area contributed by atoms with E-state index in [1.54, 1.807) is 6.07 Å². The standard InChI is InChI=1S/C12H10BrNO2.C2H6/c1-16-12(15)9-6-10(13)7-4-2-3-5-8(7)11(9)14;1-2/h2-6H,14H2,1H3;1-2H3. The van der Waals surface area contributed by atoms with Crippen LogP contribution >= 0.6 is 15.9 Å². The van der Waals surface area contributed by atoms with Crippen molar-refractivity contribution in [2.75, 3.05) is 12.8 Å². The molecular weight excluding hydrogens is 294 g/mol. The first-order chi connectivity index (χ1) is 8.65. The van der Waals surface area contributed by atoms with Gasteiger partial charge >= 0.3 is 5.97 Å². The monoisotopic (exact) mass is 309 g/mol. The third-order valence-corrected chi connectivity index (χ3v) is 3.10. The quantitative estimate of drug-likeness (QED) is 0.640. The molecule has 0 atom stereocenters. The van der Waals surface area contributed by atoms with Gasteiger partial charge in [-0.05, 0) is 11.5 Å². The zero-order valence-electron chi connectivity index (χ0n) is 10.7. The SMILES string of the molecule is CC.COC(=O)c1cc(Br)c2ccccc2c1N. The summed E-state index contributed by atoms with van der Waals surface area (Å²) >= 11 is 3.42. The molecule has 0 spiro atoms. The van der Waals surface area contributed by atoms with E-state index >= 15 is 0 Å². The molecule has 3 nitrogen and oxygen atoms in total. The van der Waals surface area contributed by atoms with E-state index in [9.17, 15) is 4.79 Å². The van der Waals surface area contributed by atoms with Gasteiger partial charge in [0.2, 0.25) is 0 Å². The van der Waals surface area contributed by atoms with Gasteiger partial charge in [0.15, 0.2) is 0 Å². The number of benzene rings is 2. The van der Waals surface area contributed by atoms with Crippen LogP contribution in [0.1, 0.15) is 24.2 Å². The lowest BCUT2D eigenvalue weighted by Gasteiger charge is -2.09. The van der Waals surface area contributed by atoms with Gasteiger partial charge < -0.3 is 10.5 Å². The number of nitrogen functional groups attached to an aromatic ring is 1. The average Bonchev–Trinajstić information content (AvgIpc) is 2.44. The number of methoxy groups -OCH3 is 1. The zero-order valence-corrected chi connectivity index (χ0v) is 12.2. The Morgan fingerprint density at radius 3 is 2.33 bits per heavy atom. The van der Waals surface area contributed by atoms with Crippen molar-refractivity contribution in [3.05, 3.63) is 40.4 Å². The number of rotatable bonds is 1. The smallest absolute Gasteiger partial charge is 0.340 e. The average molecular weight is 310 g/mol. The summed E-state index contributed by atoms with van der Waals surface area (Å²) in [5.41, 5.74) is 6.77. The van der Waals surface area contributed by atoms with Crippen LogP contribution in [0.15, 0.2) is 34.8 Å². The number of nitrogens with two attached hydrogens (primary N) is 1. The van der Waals surface area contributed by atoms with E-state index in [2.05, 4.69) is 20.7 Å². The molecule has 0 bridgehead atoms. The summed E-state index contributed by atoms with van der Waals surface area (Å²) in [7, 11) is 1.34. The van der Waals surface area contributed by atoms with Crippen molar-refractivity contribution in [1.82, 2.24) is 0 Å². The molecule has 0 aliphatic rings. The summed E-state index contributed by atoms with van der Waals surface area (Å²) in [6.07, 6.45) is 0. The third kappa shape index (κ3) is 2.64. The largest absolute Gasteiger partial charge is 0.465 e. The van der Waals surface area contributed by atoms with Crippen LogP contribution in [0.2, 0.25) is 0 Å². The van der Waals surface area contributed by atoms with Crippen LogP contribution in [-0.4, -0.2) is 13.1 Å². The molecule has 0 saturated heterocycles. The van der Waals surface area contributed by atoms with Gasteiger partial charge in [0.25, 0.3) is 0 Å². The molecule has 0 fully saturated rings. The van der Waals surface area contributed by atoms with E-state index in [1.807, 2.05) is 38.1 Å². The maximum Gasteiger partial charge on any atom is 0.340 e. The summed E-state index contributed by atoms with van der Waals surface area (Å²) in [5, 5.41) is 1.82. The molecule has 0 aliphatic carbocycles. The van der Waals surface area contributed by atoms with E-state index in [0.717, 1.165) is 15.2 Å². The lowest BCUT2D eigenvalue weighted by Crippen LogP contribution is -2.06. The summed E-state index contributed by atoms with van der Waals surface area (Å²) in [5.74, 6) is -0.427. The minimum absolute atomic E-state index is 0.382. The van der Waals surface area contributed by atoms with Gasteiger partial charge in [0.05, 0.1) is 18.4 Å². The normalized spacial score (nSPS) is 9.56. The van der Waals surface area contributed by atoms with Crippen molar-refractivity contribution in [3.63, 3.8) is 0 Å². The molecule has 0 saturated carbocycles. The van der Waals surface area contributed by atoms with E-state index < -0.39 is 5.97 Å². The fourth-order valence-corrected chi connectivity index (χ4v) is 2.21. The van der Waals surface area contributed by atoms with E-state index in [-0.39, 0.29) is 0 Å². The Morgan fingerprint density at radius 1 is 1.22 bits per heavy atom. The van der Waals surface area contributed by atoms with E-state index in [0.29, 0.717) is 11.3 Å². The zero-order chi connectivity index (χ0) is 13.7. The number of anilines is 1. The topological polar surface area (TPSA) is 52.3 Å². The first-order valence-electron chi connectivity index (χ1n) is 5.70. The second-order valence-electron chi connectivity index (χ2n) is 3.36. The predicted molar refractivity (Wildman–Crippen MR) is 78.7 cm³/mol. The Labute approximate surface area is 115 Å². The minimum atomic E-state index is -0.427. The molecule has 2 N–H and O–H groups in total. The number of hydrogen-bond acceptors (Lipinski definition) is 3. The van der Waals surface area contributed by atoms with Crippen LogP contribution in [0, 0.1) is 0 Å². The summed E-state index contributed by atoms with van der Waals surface area (Å²) in [4.78, 5) is 11.5. The van der Waals surface area contributed by atoms with Gasteiger partial charge in [-0.2, -0.15) is 0 Å². The molecule has 0 amide bonds. The number of esters is 1. The molecule has 0 unspecified atom stereocenters. The fourth-order valence-electron chi connectivity index (χ4n) is 1.63. The van der Waals surface area contributed by atoms with Crippen molar-refractivity contribution >= 4 is 38.4 Å². The van der Waals surface area contributed by atoms with Gasteiger partial charge in [0, 0.05) is 9.86 Å². The number of hydrogen-bond donors (Lipinski definition) is 1. The Bertz CT molecular complexity index is 567. The molecule has 2 aromatic carbocycles. The molecule has 4 heteroatoms. The van der Waals surface area contributed by atoms with Crippen molar-refractivity contribution in [2.45, 2.75) is 13.8 Å². The van der Waals surface area contributed by atoms with Crippen molar-refractivity contribution in [2.24, 2.45) is 0 Å². The van der Waals surface area contributed by atoms with Gasteiger partial charge in [0.1, 0.15) is 0 Å². The number of carbonyl (C=O) groups is 1. The van der Waals surface area contributed by atoms with Crippen molar-refractivity contribution in [1.29, 1.82) is 0 Å². The lowest BCUT2D eigenvalue weighted by molar-refractivity contribution is 0.0602. The van der Waals surface area contributed by atoms with Crippen LogP contribution in [0.5, 0.6) is 0 Å². The molecule has 0 radical (unpaired) electrons. The van der Waals surface area contributed by atoms with Gasteiger partial charge in [-0.25, -0.2) is 4.79 Å². The second kappa shape index (κ2) is 6.40. The summed E-state index contributed by atoms with van der Waals surface area (Å²) in [6, 6.07) is 9.30. The summed E-state index contributed by atoms with van der Waals surface area (Å²) < 4.78 is 5.51. The highest BCUT2D eigenvalue weighted by molar-refractivity contribution is 9.10. The summed E-state index contributed by atoms with van der Waals surface area (Å²) in [6.45, 7) is 4.00. The molecular formula is C14H16BrNO2. The van der Waals surface area contributed by atoms with Gasteiger partial charge in [-0.3, -0.25) is 0 Å². The molecule has 0 aromatic heterocycles. The third-order valence-electron chi connectivity index (χ3n) is 2.44. The number of ether oxygens (including phenoxy) is 1. The molecule has 0 heterocycles. The van der Waals surface area contributed by atoms with Crippen LogP contribution < -0.4 is 5.73 Å². The maximum absolute atomic E-state index is 11.5. The first-order valence-corrected chi connectivity index (χ1v) is 6.49. The predicted octanol–water partition coefficient (Wildman–Crippen LogP) is 4.00. The fraction of sp³-hybridized carbons (Fsp3) is 0.214. The van der Waals surface area contributed by atoms with E-state index in [1.165, 1.54) is 7.11 Å². The minimum Gasteiger partial charge on any atom is -0.465 e. The van der Waals surface area contributed by atoms with Crippen molar-refractivity contribution in [3.8, 4) is 0 Å². The second-order valence-corrected chi connectivity index (χ2v) is 4.21. The Balaban J connectivity index is 0.000000771. The first kappa shape index (κ1) is 14.5. The van der Waals surface area contributed by atoms with Crippen LogP contribution in [-0.2, 0) is 4.74 Å². The molecule has 96 valence electrons. The molecule has 18 heavy (non-hydrogen) atoms. The van der Waals surface area contributed by atoms with Crippen LogP contribution in [0.3, 0.4) is 0 Å². The van der Waals surface area contributed by atoms with Crippen molar-refractivity contribution < 1.29 is 9.53 Å². The number of halogens is 1. The highest BCUT2D eigenvalue weighted by Crippen LogP contribution is 2.31. The highest BCUT2D eigenvalue weighted by Gasteiger charge is 2.14. The lowest BCUT2D eigenvalue weighted by atomic mass is 10.0. The number of carbonyl (C=O) groups excluding carboxylic acids is 1. The Kier molecular flexibility index (Phi) is 5.16. The Morgan fingerprint density at radius 2 is 1.78 bits per heavy atom. The molecule has 2 aromatic rings. The Hall–Kier alpha value is -1.55. The van der Waals surface area contributed by atoms with Crippen LogP contribution in [0.25, 0.3) is 10.8 Å². The number of fused-ring (bicyclic) bond motifs is 1. The molecule has 2 rings (SSSR count). The van der Waals surface area contributed by atoms with Crippen LogP contribution in [0.4, 0.5) is 5.69 Å².